The quantitative estimate of drug-likeness (QED) is 0.904. The standard InChI is InChI=1S/C14H17N5O2/c1-4-10-11(5-2)17-18-14(15-10)16-13(21)9-6-7-19(3)12(20)8-9/h6-8H,4-5H2,1-3H3,(H,15,16,18,21). The lowest BCUT2D eigenvalue weighted by Gasteiger charge is -2.07. The lowest BCUT2D eigenvalue weighted by atomic mass is 10.2. The molecule has 1 N–H and O–H groups in total. The summed E-state index contributed by atoms with van der Waals surface area (Å²) in [7, 11) is 1.62. The van der Waals surface area contributed by atoms with E-state index in [1.165, 1.54) is 16.8 Å². The molecule has 0 aliphatic rings. The van der Waals surface area contributed by atoms with Crippen LogP contribution in [0, 0.1) is 0 Å². The molecule has 0 bridgehead atoms. The van der Waals surface area contributed by atoms with Crippen molar-refractivity contribution in [3.63, 3.8) is 0 Å². The molecule has 0 radical (unpaired) electrons. The van der Waals surface area contributed by atoms with Gasteiger partial charge in [0.15, 0.2) is 0 Å². The molecule has 0 aliphatic heterocycles. The molecule has 2 heterocycles. The summed E-state index contributed by atoms with van der Waals surface area (Å²) >= 11 is 0. The van der Waals surface area contributed by atoms with E-state index in [9.17, 15) is 9.59 Å². The first-order valence-corrected chi connectivity index (χ1v) is 6.75. The first-order chi connectivity index (χ1) is 10.0. The Bertz CT molecular complexity index is 724. The van der Waals surface area contributed by atoms with Gasteiger partial charge in [0.2, 0.25) is 5.95 Å². The molecule has 0 atom stereocenters. The van der Waals surface area contributed by atoms with Gasteiger partial charge in [-0.15, -0.1) is 10.2 Å². The topological polar surface area (TPSA) is 89.8 Å². The second-order valence-corrected chi connectivity index (χ2v) is 4.55. The van der Waals surface area contributed by atoms with Crippen LogP contribution < -0.4 is 10.9 Å². The highest BCUT2D eigenvalue weighted by molar-refractivity contribution is 6.03. The highest BCUT2D eigenvalue weighted by atomic mass is 16.2. The van der Waals surface area contributed by atoms with Crippen molar-refractivity contribution in [2.24, 2.45) is 7.05 Å². The van der Waals surface area contributed by atoms with Crippen LogP contribution in [0.4, 0.5) is 5.95 Å². The van der Waals surface area contributed by atoms with E-state index in [4.69, 9.17) is 0 Å². The Labute approximate surface area is 122 Å². The number of aryl methyl sites for hydroxylation is 3. The predicted molar refractivity (Wildman–Crippen MR) is 78.2 cm³/mol. The molecule has 0 unspecified atom stereocenters. The molecule has 2 aromatic rings. The highest BCUT2D eigenvalue weighted by Crippen LogP contribution is 2.08. The van der Waals surface area contributed by atoms with E-state index < -0.39 is 5.91 Å². The number of aromatic nitrogens is 4. The van der Waals surface area contributed by atoms with Crippen molar-refractivity contribution < 1.29 is 4.79 Å². The van der Waals surface area contributed by atoms with Crippen LogP contribution in [0.15, 0.2) is 23.1 Å². The molecular formula is C14H17N5O2. The number of rotatable bonds is 4. The first kappa shape index (κ1) is 14.8. The monoisotopic (exact) mass is 287 g/mol. The maximum Gasteiger partial charge on any atom is 0.258 e. The largest absolute Gasteiger partial charge is 0.319 e. The van der Waals surface area contributed by atoms with E-state index >= 15 is 0 Å². The molecule has 0 spiro atoms. The molecule has 0 saturated carbocycles. The highest BCUT2D eigenvalue weighted by Gasteiger charge is 2.11. The van der Waals surface area contributed by atoms with E-state index in [1.54, 1.807) is 13.1 Å². The van der Waals surface area contributed by atoms with Gasteiger partial charge in [0, 0.05) is 24.9 Å². The van der Waals surface area contributed by atoms with E-state index in [0.29, 0.717) is 6.42 Å². The van der Waals surface area contributed by atoms with Gasteiger partial charge in [0.25, 0.3) is 11.5 Å². The molecule has 1 amide bonds. The van der Waals surface area contributed by atoms with Gasteiger partial charge in [-0.2, -0.15) is 0 Å². The molecule has 0 fully saturated rings. The number of anilines is 1. The van der Waals surface area contributed by atoms with Crippen molar-refractivity contribution in [1.82, 2.24) is 19.7 Å². The lowest BCUT2D eigenvalue weighted by molar-refractivity contribution is 0.102. The normalized spacial score (nSPS) is 10.4. The van der Waals surface area contributed by atoms with E-state index in [0.717, 1.165) is 17.8 Å². The lowest BCUT2D eigenvalue weighted by Crippen LogP contribution is -2.21. The summed E-state index contributed by atoms with van der Waals surface area (Å²) in [4.78, 5) is 27.9. The Morgan fingerprint density at radius 2 is 1.95 bits per heavy atom. The van der Waals surface area contributed by atoms with Gasteiger partial charge < -0.3 is 4.57 Å². The zero-order valence-electron chi connectivity index (χ0n) is 12.3. The van der Waals surface area contributed by atoms with Crippen molar-refractivity contribution in [3.05, 3.63) is 45.6 Å². The molecule has 2 aromatic heterocycles. The van der Waals surface area contributed by atoms with Crippen LogP contribution in [0.3, 0.4) is 0 Å². The minimum absolute atomic E-state index is 0.148. The Morgan fingerprint density at radius 3 is 2.57 bits per heavy atom. The third-order valence-electron chi connectivity index (χ3n) is 3.10. The van der Waals surface area contributed by atoms with Gasteiger partial charge in [-0.25, -0.2) is 4.98 Å². The minimum atomic E-state index is -0.430. The molecule has 0 aromatic carbocycles. The fourth-order valence-electron chi connectivity index (χ4n) is 1.85. The predicted octanol–water partition coefficient (Wildman–Crippen LogP) is 0.947. The van der Waals surface area contributed by atoms with Gasteiger partial charge in [0.1, 0.15) is 0 Å². The van der Waals surface area contributed by atoms with Crippen molar-refractivity contribution in [2.75, 3.05) is 5.32 Å². The van der Waals surface area contributed by atoms with Crippen molar-refractivity contribution in [3.8, 4) is 0 Å². The average Bonchev–Trinajstić information content (AvgIpc) is 2.49. The van der Waals surface area contributed by atoms with Gasteiger partial charge in [-0.3, -0.25) is 14.9 Å². The maximum absolute atomic E-state index is 12.1. The van der Waals surface area contributed by atoms with Crippen molar-refractivity contribution in [1.29, 1.82) is 0 Å². The fraction of sp³-hybridized carbons (Fsp3) is 0.357. The number of hydrogen-bond donors (Lipinski definition) is 1. The van der Waals surface area contributed by atoms with E-state index in [2.05, 4.69) is 20.5 Å². The summed E-state index contributed by atoms with van der Waals surface area (Å²) in [5.41, 5.74) is 1.65. The zero-order chi connectivity index (χ0) is 15.4. The van der Waals surface area contributed by atoms with Gasteiger partial charge in [-0.1, -0.05) is 13.8 Å². The second kappa shape index (κ2) is 6.25. The van der Waals surface area contributed by atoms with Gasteiger partial charge in [-0.05, 0) is 18.9 Å². The molecule has 0 aliphatic carbocycles. The third kappa shape index (κ3) is 3.31. The molecular weight excluding hydrogens is 270 g/mol. The van der Waals surface area contributed by atoms with Gasteiger partial charge >= 0.3 is 0 Å². The summed E-state index contributed by atoms with van der Waals surface area (Å²) in [6, 6.07) is 2.83. The fourth-order valence-corrected chi connectivity index (χ4v) is 1.85. The summed E-state index contributed by atoms with van der Waals surface area (Å²) in [6.45, 7) is 3.94. The van der Waals surface area contributed by atoms with Crippen LogP contribution in [0.1, 0.15) is 35.6 Å². The first-order valence-electron chi connectivity index (χ1n) is 6.75. The maximum atomic E-state index is 12.1. The van der Waals surface area contributed by atoms with Crippen molar-refractivity contribution >= 4 is 11.9 Å². The second-order valence-electron chi connectivity index (χ2n) is 4.55. The van der Waals surface area contributed by atoms with Crippen LogP contribution in [0.2, 0.25) is 0 Å². The average molecular weight is 287 g/mol. The molecule has 21 heavy (non-hydrogen) atoms. The van der Waals surface area contributed by atoms with E-state index in [-0.39, 0.29) is 17.1 Å². The molecule has 2 rings (SSSR count). The Balaban J connectivity index is 2.23. The number of hydrogen-bond acceptors (Lipinski definition) is 5. The van der Waals surface area contributed by atoms with Crippen LogP contribution >= 0.6 is 0 Å². The summed E-state index contributed by atoms with van der Waals surface area (Å²) in [5, 5.41) is 10.5. The van der Waals surface area contributed by atoms with E-state index in [1.807, 2.05) is 13.8 Å². The summed E-state index contributed by atoms with van der Waals surface area (Å²) in [5.74, 6) is -0.282. The van der Waals surface area contributed by atoms with Gasteiger partial charge in [0.05, 0.1) is 11.4 Å². The Morgan fingerprint density at radius 1 is 1.24 bits per heavy atom. The van der Waals surface area contributed by atoms with Crippen LogP contribution in [-0.4, -0.2) is 25.7 Å². The summed E-state index contributed by atoms with van der Waals surface area (Å²) in [6.07, 6.45) is 2.99. The molecule has 7 heteroatoms. The van der Waals surface area contributed by atoms with Crippen LogP contribution in [0.5, 0.6) is 0 Å². The van der Waals surface area contributed by atoms with Crippen molar-refractivity contribution in [2.45, 2.75) is 26.7 Å². The van der Waals surface area contributed by atoms with Crippen LogP contribution in [-0.2, 0) is 19.9 Å². The van der Waals surface area contributed by atoms with Crippen LogP contribution in [0.25, 0.3) is 0 Å². The number of carbonyl (C=O) groups is 1. The zero-order valence-corrected chi connectivity index (χ0v) is 12.3. The molecule has 7 nitrogen and oxygen atoms in total. The summed E-state index contributed by atoms with van der Waals surface area (Å²) < 4.78 is 1.39. The SMILES string of the molecule is CCc1nnc(NC(=O)c2ccn(C)c(=O)c2)nc1CC. The minimum Gasteiger partial charge on any atom is -0.319 e. The number of pyridine rings is 1. The number of amides is 1. The third-order valence-corrected chi connectivity index (χ3v) is 3.10. The Hall–Kier alpha value is -2.57. The number of carbonyl (C=O) groups excluding carboxylic acids is 1. The smallest absolute Gasteiger partial charge is 0.258 e. The molecule has 110 valence electrons. The Kier molecular flexibility index (Phi) is 4.42. The number of nitrogens with zero attached hydrogens (tertiary/aromatic N) is 4. The molecule has 0 saturated heterocycles. The number of nitrogens with one attached hydrogen (secondary N) is 1.